The van der Waals surface area contributed by atoms with Crippen molar-refractivity contribution in [3.8, 4) is 0 Å². The number of aliphatic imine (C=N–C) groups is 1. The molecule has 1 N–H and O–H groups in total. The minimum absolute atomic E-state index is 0. The zero-order chi connectivity index (χ0) is 19.9. The molecule has 1 aliphatic rings. The van der Waals surface area contributed by atoms with E-state index in [0.717, 1.165) is 31.0 Å². The lowest BCUT2D eigenvalue weighted by atomic mass is 9.93. The molecule has 0 radical (unpaired) electrons. The van der Waals surface area contributed by atoms with E-state index in [4.69, 9.17) is 4.74 Å². The van der Waals surface area contributed by atoms with Crippen LogP contribution in [0.3, 0.4) is 0 Å². The number of ether oxygens (including phenoxy) is 1. The summed E-state index contributed by atoms with van der Waals surface area (Å²) in [5.74, 6) is 1.20. The number of aromatic nitrogens is 2. The van der Waals surface area contributed by atoms with Crippen LogP contribution in [-0.4, -0.2) is 53.1 Å². The molecule has 1 saturated heterocycles. The van der Waals surface area contributed by atoms with Gasteiger partial charge in [0.2, 0.25) is 0 Å². The van der Waals surface area contributed by atoms with E-state index in [1.165, 1.54) is 0 Å². The largest absolute Gasteiger partial charge is 0.462 e. The Balaban J connectivity index is 0.00000300. The van der Waals surface area contributed by atoms with Crippen molar-refractivity contribution in [2.75, 3.05) is 26.7 Å². The SMILES string of the molecule is CCOC(=O)c1ccc(CNC(=NC)N2CCC(C)C(n3ccnc3)C2)cc1.I. The Bertz CT molecular complexity index is 792. The minimum Gasteiger partial charge on any atom is -0.462 e. The summed E-state index contributed by atoms with van der Waals surface area (Å²) in [5, 5.41) is 3.44. The van der Waals surface area contributed by atoms with Crippen LogP contribution < -0.4 is 5.32 Å². The number of guanidine groups is 1. The molecule has 1 aromatic heterocycles. The number of likely N-dealkylation sites (tertiary alicyclic amines) is 1. The molecular weight excluding hydrogens is 481 g/mol. The maximum Gasteiger partial charge on any atom is 0.338 e. The van der Waals surface area contributed by atoms with Crippen molar-refractivity contribution in [3.63, 3.8) is 0 Å². The smallest absolute Gasteiger partial charge is 0.338 e. The monoisotopic (exact) mass is 511 g/mol. The van der Waals surface area contributed by atoms with Crippen molar-refractivity contribution in [2.24, 2.45) is 10.9 Å². The van der Waals surface area contributed by atoms with Crippen LogP contribution in [0.1, 0.15) is 42.2 Å². The zero-order valence-corrected chi connectivity index (χ0v) is 19.6. The number of esters is 1. The fourth-order valence-electron chi connectivity index (χ4n) is 3.58. The fourth-order valence-corrected chi connectivity index (χ4v) is 3.58. The number of benzene rings is 1. The van der Waals surface area contributed by atoms with Crippen LogP contribution in [0.15, 0.2) is 48.0 Å². The Labute approximate surface area is 189 Å². The molecule has 0 bridgehead atoms. The van der Waals surface area contributed by atoms with Gasteiger partial charge in [0.05, 0.1) is 24.5 Å². The van der Waals surface area contributed by atoms with Crippen LogP contribution in [0.5, 0.6) is 0 Å². The molecule has 8 heteroatoms. The molecule has 2 unspecified atom stereocenters. The third-order valence-corrected chi connectivity index (χ3v) is 5.25. The maximum atomic E-state index is 11.8. The standard InChI is InChI=1S/C21H29N5O2.HI/c1-4-28-20(27)18-7-5-17(6-8-18)13-24-21(22-3)25-11-9-16(2)19(14-25)26-12-10-23-15-26;/h5-8,10,12,15-16,19H,4,9,11,13-14H2,1-3H3,(H,22,24);1H. The van der Waals surface area contributed by atoms with Gasteiger partial charge in [-0.15, -0.1) is 24.0 Å². The highest BCUT2D eigenvalue weighted by Crippen LogP contribution is 2.27. The van der Waals surface area contributed by atoms with Gasteiger partial charge in [-0.3, -0.25) is 4.99 Å². The van der Waals surface area contributed by atoms with E-state index in [0.29, 0.717) is 30.7 Å². The summed E-state index contributed by atoms with van der Waals surface area (Å²) >= 11 is 0. The predicted molar refractivity (Wildman–Crippen MR) is 125 cm³/mol. The van der Waals surface area contributed by atoms with E-state index in [1.807, 2.05) is 37.9 Å². The molecule has 3 rings (SSSR count). The molecule has 0 aliphatic carbocycles. The molecule has 2 atom stereocenters. The van der Waals surface area contributed by atoms with E-state index in [1.54, 1.807) is 19.1 Å². The summed E-state index contributed by atoms with van der Waals surface area (Å²) in [6.07, 6.45) is 6.87. The van der Waals surface area contributed by atoms with Crippen molar-refractivity contribution in [2.45, 2.75) is 32.9 Å². The second-order valence-electron chi connectivity index (χ2n) is 7.11. The van der Waals surface area contributed by atoms with E-state index in [9.17, 15) is 4.79 Å². The van der Waals surface area contributed by atoms with Crippen molar-refractivity contribution in [1.82, 2.24) is 19.8 Å². The number of nitrogens with one attached hydrogen (secondary N) is 1. The molecular formula is C21H30IN5O2. The van der Waals surface area contributed by atoms with Gasteiger partial charge in [0.1, 0.15) is 0 Å². The number of piperidine rings is 1. The number of carbonyl (C=O) groups is 1. The highest BCUT2D eigenvalue weighted by molar-refractivity contribution is 14.0. The van der Waals surface area contributed by atoms with Gasteiger partial charge in [0, 0.05) is 39.1 Å². The van der Waals surface area contributed by atoms with Gasteiger partial charge >= 0.3 is 5.97 Å². The Morgan fingerprint density at radius 3 is 2.72 bits per heavy atom. The summed E-state index contributed by atoms with van der Waals surface area (Å²) in [6.45, 7) is 7.02. The number of hydrogen-bond donors (Lipinski definition) is 1. The summed E-state index contributed by atoms with van der Waals surface area (Å²) in [7, 11) is 1.82. The van der Waals surface area contributed by atoms with Crippen LogP contribution in [0.2, 0.25) is 0 Å². The number of hydrogen-bond acceptors (Lipinski definition) is 4. The maximum absolute atomic E-state index is 11.8. The molecule has 2 heterocycles. The molecule has 7 nitrogen and oxygen atoms in total. The van der Waals surface area contributed by atoms with Gasteiger partial charge < -0.3 is 19.5 Å². The number of carbonyl (C=O) groups excluding carboxylic acids is 1. The van der Waals surface area contributed by atoms with Gasteiger partial charge in [-0.25, -0.2) is 9.78 Å². The van der Waals surface area contributed by atoms with E-state index < -0.39 is 0 Å². The lowest BCUT2D eigenvalue weighted by Gasteiger charge is -2.39. The molecule has 0 saturated carbocycles. The molecule has 29 heavy (non-hydrogen) atoms. The van der Waals surface area contributed by atoms with Crippen LogP contribution in [0.4, 0.5) is 0 Å². The normalized spacial score (nSPS) is 19.4. The van der Waals surface area contributed by atoms with E-state index in [-0.39, 0.29) is 29.9 Å². The number of imidazole rings is 1. The summed E-state index contributed by atoms with van der Waals surface area (Å²) < 4.78 is 7.22. The second kappa shape index (κ2) is 11.2. The van der Waals surface area contributed by atoms with Crippen molar-refractivity contribution < 1.29 is 9.53 Å². The molecule has 0 amide bonds. The number of nitrogens with zero attached hydrogens (tertiary/aromatic N) is 4. The first kappa shape index (κ1) is 23.2. The second-order valence-corrected chi connectivity index (χ2v) is 7.11. The third-order valence-electron chi connectivity index (χ3n) is 5.25. The van der Waals surface area contributed by atoms with Crippen LogP contribution in [0, 0.1) is 5.92 Å². The number of halogens is 1. The summed E-state index contributed by atoms with van der Waals surface area (Å²) in [5.41, 5.74) is 1.66. The fraction of sp³-hybridized carbons (Fsp3) is 0.476. The van der Waals surface area contributed by atoms with E-state index >= 15 is 0 Å². The van der Waals surface area contributed by atoms with Crippen molar-refractivity contribution in [3.05, 3.63) is 54.1 Å². The van der Waals surface area contributed by atoms with Crippen molar-refractivity contribution >= 4 is 35.9 Å². The Kier molecular flexibility index (Phi) is 8.94. The Morgan fingerprint density at radius 1 is 1.34 bits per heavy atom. The molecule has 0 spiro atoms. The van der Waals surface area contributed by atoms with Gasteiger partial charge in [0.25, 0.3) is 0 Å². The van der Waals surface area contributed by atoms with Gasteiger partial charge in [0.15, 0.2) is 5.96 Å². The van der Waals surface area contributed by atoms with Crippen LogP contribution in [0.25, 0.3) is 0 Å². The van der Waals surface area contributed by atoms with Gasteiger partial charge in [-0.05, 0) is 37.0 Å². The predicted octanol–water partition coefficient (Wildman–Crippen LogP) is 3.34. The molecule has 1 fully saturated rings. The summed E-state index contributed by atoms with van der Waals surface area (Å²) in [6, 6.07) is 7.88. The first-order valence-corrected chi connectivity index (χ1v) is 9.81. The molecule has 2 aromatic rings. The molecule has 1 aromatic carbocycles. The van der Waals surface area contributed by atoms with Crippen molar-refractivity contribution in [1.29, 1.82) is 0 Å². The minimum atomic E-state index is -0.286. The quantitative estimate of drug-likeness (QED) is 0.289. The first-order valence-electron chi connectivity index (χ1n) is 9.81. The lowest BCUT2D eigenvalue weighted by Crippen LogP contribution is -2.48. The highest BCUT2D eigenvalue weighted by Gasteiger charge is 2.28. The topological polar surface area (TPSA) is 71.8 Å². The zero-order valence-electron chi connectivity index (χ0n) is 17.2. The van der Waals surface area contributed by atoms with Gasteiger partial charge in [-0.1, -0.05) is 19.1 Å². The molecule has 1 aliphatic heterocycles. The average Bonchev–Trinajstić information content (AvgIpc) is 3.24. The first-order chi connectivity index (χ1) is 13.6. The number of rotatable bonds is 5. The Morgan fingerprint density at radius 2 is 2.10 bits per heavy atom. The lowest BCUT2D eigenvalue weighted by molar-refractivity contribution is 0.0526. The Hall–Kier alpha value is -2.10. The van der Waals surface area contributed by atoms with Crippen LogP contribution in [-0.2, 0) is 11.3 Å². The van der Waals surface area contributed by atoms with E-state index in [2.05, 4.69) is 31.7 Å². The third kappa shape index (κ3) is 5.94. The average molecular weight is 511 g/mol. The van der Waals surface area contributed by atoms with Crippen LogP contribution >= 0.6 is 24.0 Å². The molecule has 158 valence electrons. The van der Waals surface area contributed by atoms with Gasteiger partial charge in [-0.2, -0.15) is 0 Å². The summed E-state index contributed by atoms with van der Waals surface area (Å²) in [4.78, 5) is 22.7. The highest BCUT2D eigenvalue weighted by atomic mass is 127.